The smallest absolute Gasteiger partial charge is 0.232 e. The van der Waals surface area contributed by atoms with Crippen LogP contribution in [0.5, 0.6) is 0 Å². The van der Waals surface area contributed by atoms with E-state index in [1.54, 1.807) is 12.1 Å². The van der Waals surface area contributed by atoms with Gasteiger partial charge < -0.3 is 10.2 Å². The molecule has 2 aliphatic heterocycles. The Morgan fingerprint density at radius 2 is 1.56 bits per heavy atom. The molecule has 2 aromatic rings. The molecule has 2 saturated heterocycles. The van der Waals surface area contributed by atoms with Gasteiger partial charge in [-0.05, 0) is 80.3 Å². The van der Waals surface area contributed by atoms with Crippen LogP contribution in [0.1, 0.15) is 58.1 Å². The van der Waals surface area contributed by atoms with E-state index in [0.29, 0.717) is 6.04 Å². The highest BCUT2D eigenvalue weighted by atomic mass is 19.1. The second kappa shape index (κ2) is 10.5. The summed E-state index contributed by atoms with van der Waals surface area (Å²) >= 11 is 0. The van der Waals surface area contributed by atoms with Crippen molar-refractivity contribution in [2.45, 2.75) is 65.0 Å². The third-order valence-electron chi connectivity index (χ3n) is 7.56. The number of carbonyl (C=O) groups is 1. The summed E-state index contributed by atoms with van der Waals surface area (Å²) in [7, 11) is 0. The number of halogens is 1. The highest BCUT2D eigenvalue weighted by Gasteiger charge is 2.35. The summed E-state index contributed by atoms with van der Waals surface area (Å²) in [6.07, 6.45) is 3.11. The predicted molar refractivity (Wildman–Crippen MR) is 137 cm³/mol. The molecule has 4 nitrogen and oxygen atoms in total. The van der Waals surface area contributed by atoms with Gasteiger partial charge >= 0.3 is 0 Å². The number of amides is 1. The normalized spacial score (nSPS) is 22.6. The first kappa shape index (κ1) is 24.7. The lowest BCUT2D eigenvalue weighted by Gasteiger charge is -2.38. The Bertz CT molecular complexity index is 938. The van der Waals surface area contributed by atoms with Gasteiger partial charge in [-0.2, -0.15) is 0 Å². The number of benzene rings is 2. The second-order valence-corrected chi connectivity index (χ2v) is 11.2. The van der Waals surface area contributed by atoms with E-state index in [-0.39, 0.29) is 11.7 Å². The van der Waals surface area contributed by atoms with Crippen LogP contribution in [0, 0.1) is 17.7 Å². The minimum atomic E-state index is -0.552. The van der Waals surface area contributed by atoms with Crippen LogP contribution in [-0.4, -0.2) is 47.9 Å². The fraction of sp³-hybridized carbons (Fsp3) is 0.552. The van der Waals surface area contributed by atoms with Crippen molar-refractivity contribution < 1.29 is 9.18 Å². The van der Waals surface area contributed by atoms with Gasteiger partial charge in [-0.3, -0.25) is 9.69 Å². The molecule has 0 bridgehead atoms. The van der Waals surface area contributed by atoms with Gasteiger partial charge in [0.1, 0.15) is 5.82 Å². The van der Waals surface area contributed by atoms with Gasteiger partial charge in [0.15, 0.2) is 0 Å². The summed E-state index contributed by atoms with van der Waals surface area (Å²) in [5, 5.41) is 3.47. The summed E-state index contributed by atoms with van der Waals surface area (Å²) in [6, 6.07) is 15.5. The van der Waals surface area contributed by atoms with Crippen LogP contribution in [0.3, 0.4) is 0 Å². The van der Waals surface area contributed by atoms with Crippen molar-refractivity contribution in [2.24, 2.45) is 11.8 Å². The standard InChI is InChI=1S/C29H40FN3O/c1-21-17-22(2)19-32(18-21)20-23-5-7-24(8-6-23)29(3,4)28(34)33-15-13-27(14-16-33)31-26-11-9-25(30)10-12-26/h5-12,21-22,27,31H,13-20H2,1-4H3/t21-,22+. The molecule has 1 N–H and O–H groups in total. The number of hydrogen-bond donors (Lipinski definition) is 1. The van der Waals surface area contributed by atoms with E-state index in [2.05, 4.69) is 48.3 Å². The van der Waals surface area contributed by atoms with Crippen LogP contribution in [0.4, 0.5) is 10.1 Å². The van der Waals surface area contributed by atoms with Gasteiger partial charge in [-0.25, -0.2) is 4.39 Å². The minimum Gasteiger partial charge on any atom is -0.382 e. The Kier molecular flexibility index (Phi) is 7.61. The van der Waals surface area contributed by atoms with E-state index >= 15 is 0 Å². The lowest BCUT2D eigenvalue weighted by atomic mass is 9.82. The third-order valence-corrected chi connectivity index (χ3v) is 7.56. The molecule has 0 aromatic heterocycles. The van der Waals surface area contributed by atoms with E-state index in [1.807, 2.05) is 18.7 Å². The monoisotopic (exact) mass is 465 g/mol. The van der Waals surface area contributed by atoms with Crippen molar-refractivity contribution in [1.29, 1.82) is 0 Å². The van der Waals surface area contributed by atoms with Crippen LogP contribution in [0.2, 0.25) is 0 Å². The summed E-state index contributed by atoms with van der Waals surface area (Å²) in [6.45, 7) is 13.6. The quantitative estimate of drug-likeness (QED) is 0.596. The maximum atomic E-state index is 13.5. The first-order valence-corrected chi connectivity index (χ1v) is 12.8. The number of carbonyl (C=O) groups excluding carboxylic acids is 1. The number of nitrogens with one attached hydrogen (secondary N) is 1. The molecular weight excluding hydrogens is 425 g/mol. The number of nitrogens with zero attached hydrogens (tertiary/aromatic N) is 2. The van der Waals surface area contributed by atoms with Gasteiger partial charge in [-0.15, -0.1) is 0 Å². The molecular formula is C29H40FN3O. The molecule has 2 fully saturated rings. The fourth-order valence-electron chi connectivity index (χ4n) is 5.73. The average Bonchev–Trinajstić information content (AvgIpc) is 2.80. The molecule has 0 spiro atoms. The number of likely N-dealkylation sites (tertiary alicyclic amines) is 2. The number of hydrogen-bond acceptors (Lipinski definition) is 3. The van der Waals surface area contributed by atoms with Gasteiger partial charge in [0, 0.05) is 44.5 Å². The lowest BCUT2D eigenvalue weighted by molar-refractivity contribution is -0.137. The maximum absolute atomic E-state index is 13.5. The highest BCUT2D eigenvalue weighted by molar-refractivity contribution is 5.87. The number of anilines is 1. The average molecular weight is 466 g/mol. The molecule has 2 aliphatic rings. The van der Waals surface area contributed by atoms with E-state index in [9.17, 15) is 9.18 Å². The van der Waals surface area contributed by atoms with Crippen molar-refractivity contribution in [3.8, 4) is 0 Å². The van der Waals surface area contributed by atoms with Gasteiger partial charge in [0.25, 0.3) is 0 Å². The van der Waals surface area contributed by atoms with Crippen LogP contribution in [0.25, 0.3) is 0 Å². The molecule has 2 aromatic carbocycles. The van der Waals surface area contributed by atoms with Crippen molar-refractivity contribution in [2.75, 3.05) is 31.5 Å². The van der Waals surface area contributed by atoms with Crippen LogP contribution in [-0.2, 0) is 16.8 Å². The summed E-state index contributed by atoms with van der Waals surface area (Å²) < 4.78 is 13.1. The van der Waals surface area contributed by atoms with Crippen molar-refractivity contribution in [1.82, 2.24) is 9.80 Å². The molecule has 2 atom stereocenters. The van der Waals surface area contributed by atoms with Gasteiger partial charge in [-0.1, -0.05) is 38.1 Å². The Labute approximate surface area is 204 Å². The Hall–Kier alpha value is -2.40. The SMILES string of the molecule is C[C@@H]1C[C@H](C)CN(Cc2ccc(C(C)(C)C(=O)N3CCC(Nc4ccc(F)cc4)CC3)cc2)C1. The zero-order valence-corrected chi connectivity index (χ0v) is 21.2. The van der Waals surface area contributed by atoms with Crippen LogP contribution in [0.15, 0.2) is 48.5 Å². The molecule has 0 unspecified atom stereocenters. The summed E-state index contributed by atoms with van der Waals surface area (Å²) in [5.41, 5.74) is 2.78. The molecule has 184 valence electrons. The first-order chi connectivity index (χ1) is 16.2. The topological polar surface area (TPSA) is 35.6 Å². The highest BCUT2D eigenvalue weighted by Crippen LogP contribution is 2.29. The second-order valence-electron chi connectivity index (χ2n) is 11.2. The van der Waals surface area contributed by atoms with Gasteiger partial charge in [0.05, 0.1) is 5.41 Å². The van der Waals surface area contributed by atoms with Crippen LogP contribution >= 0.6 is 0 Å². The lowest BCUT2D eigenvalue weighted by Crippen LogP contribution is -2.49. The molecule has 2 heterocycles. The Balaban J connectivity index is 1.31. The molecule has 0 radical (unpaired) electrons. The molecule has 1 amide bonds. The van der Waals surface area contributed by atoms with Gasteiger partial charge in [0.2, 0.25) is 5.91 Å². The predicted octanol–water partition coefficient (Wildman–Crippen LogP) is 5.68. The van der Waals surface area contributed by atoms with Crippen molar-refractivity contribution >= 4 is 11.6 Å². The zero-order chi connectivity index (χ0) is 24.3. The van der Waals surface area contributed by atoms with Crippen molar-refractivity contribution in [3.63, 3.8) is 0 Å². The van der Waals surface area contributed by atoms with Crippen molar-refractivity contribution in [3.05, 3.63) is 65.5 Å². The maximum Gasteiger partial charge on any atom is 0.232 e. The largest absolute Gasteiger partial charge is 0.382 e. The van der Waals surface area contributed by atoms with E-state index in [4.69, 9.17) is 0 Å². The fourth-order valence-corrected chi connectivity index (χ4v) is 5.73. The van der Waals surface area contributed by atoms with E-state index < -0.39 is 5.41 Å². The molecule has 4 rings (SSSR count). The number of piperidine rings is 2. The molecule has 5 heteroatoms. The van der Waals surface area contributed by atoms with E-state index in [0.717, 1.165) is 55.6 Å². The Morgan fingerprint density at radius 1 is 0.971 bits per heavy atom. The van der Waals surface area contributed by atoms with E-state index in [1.165, 1.54) is 37.2 Å². The Morgan fingerprint density at radius 3 is 2.15 bits per heavy atom. The molecule has 34 heavy (non-hydrogen) atoms. The molecule has 0 saturated carbocycles. The minimum absolute atomic E-state index is 0.194. The van der Waals surface area contributed by atoms with Crippen LogP contribution < -0.4 is 5.32 Å². The molecule has 0 aliphatic carbocycles. The first-order valence-electron chi connectivity index (χ1n) is 12.8. The third kappa shape index (κ3) is 5.99. The zero-order valence-electron chi connectivity index (χ0n) is 21.2. The summed E-state index contributed by atoms with van der Waals surface area (Å²) in [5.74, 6) is 1.49. The summed E-state index contributed by atoms with van der Waals surface area (Å²) in [4.78, 5) is 18.0. The number of rotatable bonds is 6.